The van der Waals surface area contributed by atoms with Gasteiger partial charge in [-0.15, -0.1) is 0 Å². The highest BCUT2D eigenvalue weighted by atomic mass is 31.2. The molecule has 0 aromatic carbocycles. The Hall–Kier alpha value is -1.94. The van der Waals surface area contributed by atoms with Crippen molar-refractivity contribution in [2.75, 3.05) is 39.6 Å². The van der Waals surface area contributed by atoms with Crippen molar-refractivity contribution in [3.8, 4) is 0 Å². The number of phosphoric ester groups is 2. The van der Waals surface area contributed by atoms with Gasteiger partial charge in [-0.05, 0) is 49.4 Å². The highest BCUT2D eigenvalue weighted by Gasteiger charge is 2.30. The molecule has 534 valence electrons. The first kappa shape index (κ1) is 88.1. The van der Waals surface area contributed by atoms with E-state index in [1.165, 1.54) is 154 Å². The minimum absolute atomic E-state index is 0.104. The molecule has 0 saturated heterocycles. The van der Waals surface area contributed by atoms with E-state index in [2.05, 4.69) is 55.4 Å². The summed E-state index contributed by atoms with van der Waals surface area (Å²) < 4.78 is 68.3. The van der Waals surface area contributed by atoms with E-state index in [1.807, 2.05) is 0 Å². The molecule has 90 heavy (non-hydrogen) atoms. The van der Waals surface area contributed by atoms with E-state index in [-0.39, 0.29) is 25.7 Å². The fourth-order valence-corrected chi connectivity index (χ4v) is 12.2. The highest BCUT2D eigenvalue weighted by Crippen LogP contribution is 2.45. The zero-order valence-electron chi connectivity index (χ0n) is 58.8. The van der Waals surface area contributed by atoms with Crippen molar-refractivity contribution in [2.45, 2.75) is 369 Å². The molecule has 0 saturated carbocycles. The van der Waals surface area contributed by atoms with Crippen molar-refractivity contribution in [1.29, 1.82) is 0 Å². The maximum absolute atomic E-state index is 13.0. The van der Waals surface area contributed by atoms with Crippen LogP contribution in [0, 0.1) is 23.7 Å². The van der Waals surface area contributed by atoms with Crippen molar-refractivity contribution >= 4 is 39.5 Å². The largest absolute Gasteiger partial charge is 0.472 e. The van der Waals surface area contributed by atoms with Gasteiger partial charge in [-0.25, -0.2) is 9.13 Å². The summed E-state index contributed by atoms with van der Waals surface area (Å²) in [5.74, 6) is 0.917. The molecule has 0 amide bonds. The molecule has 5 unspecified atom stereocenters. The Morgan fingerprint density at radius 1 is 0.311 bits per heavy atom. The maximum Gasteiger partial charge on any atom is 0.472 e. The van der Waals surface area contributed by atoms with Crippen LogP contribution in [0.1, 0.15) is 351 Å². The maximum atomic E-state index is 13.0. The smallest absolute Gasteiger partial charge is 0.462 e. The average molecular weight is 1330 g/mol. The second kappa shape index (κ2) is 60.7. The minimum Gasteiger partial charge on any atom is -0.462 e. The number of hydrogen-bond donors (Lipinski definition) is 3. The Morgan fingerprint density at radius 3 is 0.789 bits per heavy atom. The molecule has 0 spiro atoms. The van der Waals surface area contributed by atoms with Crippen LogP contribution in [-0.2, 0) is 65.4 Å². The molecule has 0 aromatic heterocycles. The first-order valence-electron chi connectivity index (χ1n) is 36.8. The van der Waals surface area contributed by atoms with E-state index in [4.69, 9.17) is 37.0 Å². The van der Waals surface area contributed by atoms with Gasteiger partial charge >= 0.3 is 39.5 Å². The number of aliphatic hydroxyl groups excluding tert-OH is 1. The number of unbranched alkanes of at least 4 members (excludes halogenated alkanes) is 32. The molecule has 17 nitrogen and oxygen atoms in total. The summed E-state index contributed by atoms with van der Waals surface area (Å²) in [5, 5.41) is 10.6. The monoisotopic (exact) mass is 1320 g/mol. The Bertz CT molecular complexity index is 1790. The van der Waals surface area contributed by atoms with Crippen LogP contribution in [0.25, 0.3) is 0 Å². The number of rotatable bonds is 68. The van der Waals surface area contributed by atoms with Crippen molar-refractivity contribution < 1.29 is 80.2 Å². The van der Waals surface area contributed by atoms with Crippen molar-refractivity contribution in [3.63, 3.8) is 0 Å². The average Bonchev–Trinajstić information content (AvgIpc) is 3.63. The lowest BCUT2D eigenvalue weighted by Gasteiger charge is -2.21. The second-order valence-electron chi connectivity index (χ2n) is 27.1. The lowest BCUT2D eigenvalue weighted by Crippen LogP contribution is -2.30. The molecule has 0 rings (SSSR count). The van der Waals surface area contributed by atoms with Crippen LogP contribution in [0.2, 0.25) is 0 Å². The zero-order chi connectivity index (χ0) is 66.8. The van der Waals surface area contributed by atoms with E-state index in [1.54, 1.807) is 0 Å². The second-order valence-corrected chi connectivity index (χ2v) is 30.0. The summed E-state index contributed by atoms with van der Waals surface area (Å²) in [6, 6.07) is 0. The van der Waals surface area contributed by atoms with Gasteiger partial charge in [0.2, 0.25) is 0 Å². The molecule has 0 aliphatic carbocycles. The van der Waals surface area contributed by atoms with Crippen LogP contribution in [0.4, 0.5) is 0 Å². The quantitative estimate of drug-likeness (QED) is 0.0222. The third-order valence-corrected chi connectivity index (χ3v) is 18.9. The number of hydrogen-bond acceptors (Lipinski definition) is 15. The molecular formula is C71H138O17P2. The van der Waals surface area contributed by atoms with E-state index in [0.717, 1.165) is 114 Å². The highest BCUT2D eigenvalue weighted by molar-refractivity contribution is 7.47. The fourth-order valence-electron chi connectivity index (χ4n) is 10.6. The number of carbonyl (C=O) groups is 4. The van der Waals surface area contributed by atoms with Crippen LogP contribution < -0.4 is 0 Å². The number of esters is 4. The SMILES string of the molecule is CCC(C)CCCCCCCCCCC(=O)O[C@H](COC(=O)CCCCCCCCCCCCCCC(C)C)COP(=O)(O)OCC(O)COP(=O)(O)OC[C@@H](COC(=O)CCCCCCCCCCC(C)C)OC(=O)CCCCCCCCCCC(C)CC. The fraction of sp³-hybridized carbons (Fsp3) is 0.944. The topological polar surface area (TPSA) is 237 Å². The third kappa shape index (κ3) is 62.2. The normalized spacial score (nSPS) is 14.9. The lowest BCUT2D eigenvalue weighted by atomic mass is 9.99. The summed E-state index contributed by atoms with van der Waals surface area (Å²) in [6.45, 7) is 14.1. The summed E-state index contributed by atoms with van der Waals surface area (Å²) >= 11 is 0. The van der Waals surface area contributed by atoms with E-state index in [0.29, 0.717) is 25.7 Å². The standard InChI is InChI=1S/C71H138O17P2/c1-9-63(7)49-41-33-25-18-21-29-37-45-53-70(75)87-66(57-81-68(73)51-43-35-27-16-14-12-11-13-15-23-31-39-47-61(3)4)59-85-89(77,78)83-55-65(72)56-84-90(79,80)86-60-67(58-82-69(74)52-44-36-28-20-17-24-32-40-48-62(5)6)88-71(76)54-46-38-30-22-19-26-34-42-50-64(8)10-2/h61-67,72H,9-60H2,1-8H3,(H,77,78)(H,79,80)/t63?,64?,65?,66-,67-/m1/s1. The molecule has 0 aliphatic rings. The predicted octanol–water partition coefficient (Wildman–Crippen LogP) is 20.1. The molecule has 0 bridgehead atoms. The third-order valence-electron chi connectivity index (χ3n) is 17.0. The van der Waals surface area contributed by atoms with E-state index in [9.17, 15) is 43.2 Å². The van der Waals surface area contributed by atoms with Gasteiger partial charge < -0.3 is 33.8 Å². The predicted molar refractivity (Wildman–Crippen MR) is 363 cm³/mol. The molecule has 0 heterocycles. The van der Waals surface area contributed by atoms with Crippen LogP contribution >= 0.6 is 15.6 Å². The molecule has 3 N–H and O–H groups in total. The molecule has 0 radical (unpaired) electrons. The number of ether oxygens (including phenoxy) is 4. The van der Waals surface area contributed by atoms with Crippen molar-refractivity contribution in [2.24, 2.45) is 23.7 Å². The lowest BCUT2D eigenvalue weighted by molar-refractivity contribution is -0.161. The Morgan fingerprint density at radius 2 is 0.533 bits per heavy atom. The number of aliphatic hydroxyl groups is 1. The van der Waals surface area contributed by atoms with Gasteiger partial charge in [0.15, 0.2) is 12.2 Å². The zero-order valence-corrected chi connectivity index (χ0v) is 60.6. The summed E-state index contributed by atoms with van der Waals surface area (Å²) in [5.41, 5.74) is 0. The first-order chi connectivity index (χ1) is 43.2. The van der Waals surface area contributed by atoms with Crippen LogP contribution in [0.3, 0.4) is 0 Å². The van der Waals surface area contributed by atoms with E-state index >= 15 is 0 Å². The first-order valence-corrected chi connectivity index (χ1v) is 39.8. The van der Waals surface area contributed by atoms with Crippen molar-refractivity contribution in [1.82, 2.24) is 0 Å². The van der Waals surface area contributed by atoms with Gasteiger partial charge in [-0.1, -0.05) is 299 Å². The number of phosphoric acid groups is 2. The van der Waals surface area contributed by atoms with Crippen molar-refractivity contribution in [3.05, 3.63) is 0 Å². The molecule has 0 aliphatic heterocycles. The molecular weight excluding hydrogens is 1190 g/mol. The Labute approximate surface area is 549 Å². The van der Waals surface area contributed by atoms with Gasteiger partial charge in [0.1, 0.15) is 19.3 Å². The van der Waals surface area contributed by atoms with Gasteiger partial charge in [-0.2, -0.15) is 0 Å². The molecule has 19 heteroatoms. The van der Waals surface area contributed by atoms with E-state index < -0.39 is 97.5 Å². The Kier molecular flexibility index (Phi) is 59.4. The number of carbonyl (C=O) groups excluding carboxylic acids is 4. The summed E-state index contributed by atoms with van der Waals surface area (Å²) in [4.78, 5) is 72.6. The van der Waals surface area contributed by atoms with Gasteiger partial charge in [0, 0.05) is 25.7 Å². The van der Waals surface area contributed by atoms with Crippen LogP contribution in [-0.4, -0.2) is 96.7 Å². The Balaban J connectivity index is 5.26. The van der Waals surface area contributed by atoms with Crippen LogP contribution in [0.5, 0.6) is 0 Å². The molecule has 0 aromatic rings. The molecule has 0 fully saturated rings. The van der Waals surface area contributed by atoms with Crippen LogP contribution in [0.15, 0.2) is 0 Å². The van der Waals surface area contributed by atoms with Gasteiger partial charge in [0.25, 0.3) is 0 Å². The van der Waals surface area contributed by atoms with Gasteiger partial charge in [-0.3, -0.25) is 37.3 Å². The minimum atomic E-state index is -4.95. The summed E-state index contributed by atoms with van der Waals surface area (Å²) in [6.07, 6.45) is 43.0. The molecule has 7 atom stereocenters. The summed E-state index contributed by atoms with van der Waals surface area (Å²) in [7, 11) is -9.91. The van der Waals surface area contributed by atoms with Gasteiger partial charge in [0.05, 0.1) is 26.4 Å².